The van der Waals surface area contributed by atoms with Crippen molar-refractivity contribution >= 4 is 34.2 Å². The number of hydrogen-bond acceptors (Lipinski definition) is 8. The number of methoxy groups -OCH3 is 2. The number of aromatic nitrogens is 1. The molecule has 1 amide bonds. The van der Waals surface area contributed by atoms with Crippen LogP contribution in [0.25, 0.3) is 11.0 Å². The Bertz CT molecular complexity index is 1520. The molecule has 0 radical (unpaired) electrons. The first-order chi connectivity index (χ1) is 17.8. The lowest BCUT2D eigenvalue weighted by Crippen LogP contribution is -2.22. The summed E-state index contributed by atoms with van der Waals surface area (Å²) in [4.78, 5) is 33.9. The normalized spacial score (nSPS) is 11.3. The number of amides is 1. The highest BCUT2D eigenvalue weighted by atomic mass is 16.5. The molecule has 4 aromatic rings. The number of rotatable bonds is 7. The summed E-state index contributed by atoms with van der Waals surface area (Å²) in [6.07, 6.45) is 1.60. The van der Waals surface area contributed by atoms with Crippen molar-refractivity contribution in [3.63, 3.8) is 0 Å². The first-order valence-electron chi connectivity index (χ1n) is 11.5. The van der Waals surface area contributed by atoms with Crippen molar-refractivity contribution in [1.82, 2.24) is 4.98 Å². The Kier molecular flexibility index (Phi) is 7.52. The number of carbonyl (C=O) groups excluding carboxylic acids is 2. The summed E-state index contributed by atoms with van der Waals surface area (Å²) in [5.41, 5.74) is 4.02. The fourth-order valence-electron chi connectivity index (χ4n) is 3.64. The minimum Gasteiger partial charge on any atom is -0.497 e. The van der Waals surface area contributed by atoms with E-state index in [1.807, 2.05) is 31.2 Å². The summed E-state index contributed by atoms with van der Waals surface area (Å²) in [5, 5.41) is 3.48. The number of nitrogens with zero attached hydrogens (tertiary/aromatic N) is 2. The van der Waals surface area contributed by atoms with Gasteiger partial charge in [-0.15, -0.1) is 0 Å². The van der Waals surface area contributed by atoms with Crippen molar-refractivity contribution in [2.24, 2.45) is 4.99 Å². The van der Waals surface area contributed by atoms with E-state index in [-0.39, 0.29) is 17.7 Å². The zero-order valence-electron chi connectivity index (χ0n) is 21.2. The molecule has 2 aromatic carbocycles. The predicted octanol–water partition coefficient (Wildman–Crippen LogP) is 5.01. The number of esters is 1. The highest BCUT2D eigenvalue weighted by molar-refractivity contribution is 6.05. The highest BCUT2D eigenvalue weighted by Crippen LogP contribution is 2.28. The fourth-order valence-corrected chi connectivity index (χ4v) is 3.64. The third-order valence-corrected chi connectivity index (χ3v) is 5.60. The number of fused-ring (bicyclic) bond motifs is 1. The van der Waals surface area contributed by atoms with Crippen molar-refractivity contribution in [2.45, 2.75) is 27.4 Å². The van der Waals surface area contributed by atoms with Crippen molar-refractivity contribution in [3.05, 3.63) is 82.7 Å². The zero-order chi connectivity index (χ0) is 26.5. The Morgan fingerprint density at radius 3 is 2.30 bits per heavy atom. The molecule has 37 heavy (non-hydrogen) atoms. The van der Waals surface area contributed by atoms with Crippen LogP contribution in [0.3, 0.4) is 0 Å². The van der Waals surface area contributed by atoms with Crippen molar-refractivity contribution in [3.8, 4) is 11.5 Å². The van der Waals surface area contributed by atoms with Crippen LogP contribution < -0.4 is 20.3 Å². The molecule has 0 aliphatic heterocycles. The minimum atomic E-state index is -0.429. The van der Waals surface area contributed by atoms with Crippen LogP contribution >= 0.6 is 0 Å². The van der Waals surface area contributed by atoms with Gasteiger partial charge in [0.25, 0.3) is 5.91 Å². The maximum atomic E-state index is 13.5. The van der Waals surface area contributed by atoms with Crippen molar-refractivity contribution < 1.29 is 28.2 Å². The molecule has 0 aliphatic carbocycles. The second kappa shape index (κ2) is 10.9. The van der Waals surface area contributed by atoms with Crippen LogP contribution in [0.15, 0.2) is 64.1 Å². The maximum Gasteiger partial charge on any atom is 0.302 e. The number of pyridine rings is 1. The molecule has 0 fully saturated rings. The lowest BCUT2D eigenvalue weighted by molar-refractivity contribution is -0.142. The van der Waals surface area contributed by atoms with E-state index < -0.39 is 11.9 Å². The van der Waals surface area contributed by atoms with Gasteiger partial charge in [0.15, 0.2) is 5.58 Å². The number of hydrogen-bond donors (Lipinski definition) is 1. The summed E-state index contributed by atoms with van der Waals surface area (Å²) in [6, 6.07) is 14.2. The average molecular weight is 502 g/mol. The van der Waals surface area contributed by atoms with Crippen LogP contribution in [0.5, 0.6) is 11.5 Å². The molecule has 0 bridgehead atoms. The van der Waals surface area contributed by atoms with Gasteiger partial charge in [0.2, 0.25) is 5.55 Å². The number of nitrogens with one attached hydrogen (secondary N) is 1. The van der Waals surface area contributed by atoms with Crippen LogP contribution in [0, 0.1) is 13.8 Å². The van der Waals surface area contributed by atoms with Crippen LogP contribution in [-0.2, 0) is 16.1 Å². The molecule has 9 heteroatoms. The Balaban J connectivity index is 1.92. The molecule has 9 nitrogen and oxygen atoms in total. The van der Waals surface area contributed by atoms with E-state index in [0.717, 1.165) is 5.56 Å². The molecule has 0 saturated heterocycles. The maximum absolute atomic E-state index is 13.5. The molecule has 2 heterocycles. The molecule has 2 aromatic heterocycles. The van der Waals surface area contributed by atoms with E-state index in [9.17, 15) is 9.59 Å². The molecule has 0 atom stereocenters. The quantitative estimate of drug-likeness (QED) is 0.354. The lowest BCUT2D eigenvalue weighted by Gasteiger charge is -2.11. The summed E-state index contributed by atoms with van der Waals surface area (Å²) < 4.78 is 22.1. The summed E-state index contributed by atoms with van der Waals surface area (Å²) in [6.45, 7) is 5.06. The molecule has 1 N–H and O–H groups in total. The van der Waals surface area contributed by atoms with Gasteiger partial charge in [-0.3, -0.25) is 14.6 Å². The molecule has 0 unspecified atom stereocenters. The van der Waals surface area contributed by atoms with Gasteiger partial charge in [-0.1, -0.05) is 17.7 Å². The van der Waals surface area contributed by atoms with E-state index in [2.05, 4.69) is 15.3 Å². The van der Waals surface area contributed by atoms with Gasteiger partial charge < -0.3 is 23.9 Å². The summed E-state index contributed by atoms with van der Waals surface area (Å²) >= 11 is 0. The monoisotopic (exact) mass is 501 g/mol. The van der Waals surface area contributed by atoms with E-state index in [0.29, 0.717) is 45.1 Å². The van der Waals surface area contributed by atoms with Crippen molar-refractivity contribution in [1.29, 1.82) is 0 Å². The predicted molar refractivity (Wildman–Crippen MR) is 138 cm³/mol. The molecule has 0 saturated carbocycles. The number of carbonyl (C=O) groups is 2. The largest absolute Gasteiger partial charge is 0.497 e. The highest BCUT2D eigenvalue weighted by Gasteiger charge is 2.17. The van der Waals surface area contributed by atoms with Crippen LogP contribution in [-0.4, -0.2) is 31.1 Å². The standard InChI is InChI=1S/C28H27N3O6/c1-16-6-8-20(9-7-16)30-27(33)25-13-24-19(15-36-18(3)32)14-29-17(2)26(24)37-28(25)31-21-10-22(34-4)12-23(11-21)35-5/h6-14H,15H2,1-5H3,(H,30,33). The van der Waals surface area contributed by atoms with E-state index in [4.69, 9.17) is 18.6 Å². The third kappa shape index (κ3) is 5.95. The number of benzene rings is 2. The zero-order valence-corrected chi connectivity index (χ0v) is 21.2. The van der Waals surface area contributed by atoms with E-state index in [1.54, 1.807) is 51.6 Å². The minimum absolute atomic E-state index is 0.0166. The van der Waals surface area contributed by atoms with Gasteiger partial charge in [0.1, 0.15) is 23.7 Å². The van der Waals surface area contributed by atoms with E-state index >= 15 is 0 Å². The SMILES string of the molecule is COc1cc(N=c2oc3c(C)ncc(COC(C)=O)c3cc2C(=O)Nc2ccc(C)cc2)cc(OC)c1. The molecule has 0 aliphatic rings. The summed E-state index contributed by atoms with van der Waals surface area (Å²) in [5.74, 6) is 0.217. The number of ether oxygens (including phenoxy) is 3. The summed E-state index contributed by atoms with van der Waals surface area (Å²) in [7, 11) is 3.08. The first-order valence-corrected chi connectivity index (χ1v) is 11.5. The second-order valence-corrected chi connectivity index (χ2v) is 8.36. The molecule has 4 rings (SSSR count). The van der Waals surface area contributed by atoms with Gasteiger partial charge in [0.05, 0.1) is 25.6 Å². The van der Waals surface area contributed by atoms with Gasteiger partial charge in [-0.25, -0.2) is 4.99 Å². The molecular weight excluding hydrogens is 474 g/mol. The molecule has 0 spiro atoms. The Labute approximate surface area is 213 Å². The molecule has 190 valence electrons. The Hall–Kier alpha value is -4.66. The third-order valence-electron chi connectivity index (χ3n) is 5.60. The average Bonchev–Trinajstić information content (AvgIpc) is 2.89. The van der Waals surface area contributed by atoms with Gasteiger partial charge >= 0.3 is 5.97 Å². The van der Waals surface area contributed by atoms with Gasteiger partial charge in [0, 0.05) is 48.0 Å². The fraction of sp³-hybridized carbons (Fsp3) is 0.214. The first kappa shape index (κ1) is 25.4. The van der Waals surface area contributed by atoms with Gasteiger partial charge in [-0.05, 0) is 32.0 Å². The molecular formula is C28H27N3O6. The number of aryl methyl sites for hydroxylation is 2. The number of anilines is 1. The second-order valence-electron chi connectivity index (χ2n) is 8.36. The van der Waals surface area contributed by atoms with Gasteiger partial charge in [-0.2, -0.15) is 0 Å². The van der Waals surface area contributed by atoms with Crippen LogP contribution in [0.4, 0.5) is 11.4 Å². The lowest BCUT2D eigenvalue weighted by atomic mass is 10.1. The van der Waals surface area contributed by atoms with Crippen LogP contribution in [0.2, 0.25) is 0 Å². The van der Waals surface area contributed by atoms with E-state index in [1.165, 1.54) is 6.92 Å². The Morgan fingerprint density at radius 1 is 1.00 bits per heavy atom. The van der Waals surface area contributed by atoms with Crippen molar-refractivity contribution in [2.75, 3.05) is 19.5 Å². The smallest absolute Gasteiger partial charge is 0.302 e. The topological polar surface area (TPSA) is 112 Å². The van der Waals surface area contributed by atoms with Crippen LogP contribution in [0.1, 0.15) is 34.1 Å². The Morgan fingerprint density at radius 2 is 1.68 bits per heavy atom.